The maximum atomic E-state index is 14.4. The molecule has 0 radical (unpaired) electrons. The third kappa shape index (κ3) is 6.36. The summed E-state index contributed by atoms with van der Waals surface area (Å²) in [5.41, 5.74) is 4.50. The first-order valence-electron chi connectivity index (χ1n) is 16.7. The zero-order chi connectivity index (χ0) is 31.8. The summed E-state index contributed by atoms with van der Waals surface area (Å²) in [5, 5.41) is 13.8. The molecule has 240 valence electrons. The molecule has 45 heavy (non-hydrogen) atoms. The van der Waals surface area contributed by atoms with Gasteiger partial charge < -0.3 is 9.84 Å². The van der Waals surface area contributed by atoms with E-state index in [0.29, 0.717) is 12.4 Å². The van der Waals surface area contributed by atoms with Gasteiger partial charge in [0, 0.05) is 42.8 Å². The van der Waals surface area contributed by atoms with Crippen LogP contribution in [-0.4, -0.2) is 50.4 Å². The Labute approximate surface area is 266 Å². The summed E-state index contributed by atoms with van der Waals surface area (Å²) in [4.78, 5) is 36.9. The van der Waals surface area contributed by atoms with Gasteiger partial charge in [-0.25, -0.2) is 9.97 Å². The Balaban J connectivity index is 1.25. The highest BCUT2D eigenvalue weighted by molar-refractivity contribution is 5.94. The predicted octanol–water partition coefficient (Wildman–Crippen LogP) is 7.14. The Hall–Kier alpha value is -3.75. The van der Waals surface area contributed by atoms with Gasteiger partial charge in [0.2, 0.25) is 5.91 Å². The minimum absolute atomic E-state index is 0.0487. The molecule has 2 bridgehead atoms. The molecule has 4 aliphatic rings. The van der Waals surface area contributed by atoms with E-state index >= 15 is 0 Å². The molecular weight excluding hydrogens is 566 g/mol. The molecule has 9 heteroatoms. The summed E-state index contributed by atoms with van der Waals surface area (Å²) in [6, 6.07) is 8.86. The molecular formula is C36H47N5O4. The molecule has 1 amide bonds. The summed E-state index contributed by atoms with van der Waals surface area (Å²) in [6.45, 7) is 6.95. The molecule has 1 aromatic carbocycles. The number of fused-ring (bicyclic) bond motifs is 3. The molecule has 2 heterocycles. The maximum Gasteiger partial charge on any atom is 0.303 e. The first kappa shape index (κ1) is 31.2. The van der Waals surface area contributed by atoms with Crippen molar-refractivity contribution in [3.05, 3.63) is 54.1 Å². The number of hydrogen-bond donors (Lipinski definition) is 1. The number of carbonyl (C=O) groups excluding carboxylic acids is 1. The van der Waals surface area contributed by atoms with Crippen LogP contribution in [0.3, 0.4) is 0 Å². The predicted molar refractivity (Wildman–Crippen MR) is 173 cm³/mol. The van der Waals surface area contributed by atoms with Gasteiger partial charge in [-0.3, -0.25) is 19.2 Å². The fourth-order valence-corrected chi connectivity index (χ4v) is 8.24. The van der Waals surface area contributed by atoms with Gasteiger partial charge in [-0.05, 0) is 119 Å². The SMILES string of the molecule is COc1ccc(C23CCC(CN(c4cc(-c5cnn(C(C)C)c5)ncn4)C(=O)[C@H]4CC[C@H](CC(=O)O)CC4)(CC2)CC3)cc1C. The van der Waals surface area contributed by atoms with Crippen molar-refractivity contribution in [1.82, 2.24) is 19.7 Å². The van der Waals surface area contributed by atoms with Crippen LogP contribution in [0.2, 0.25) is 0 Å². The molecule has 4 saturated carbocycles. The quantitative estimate of drug-likeness (QED) is 0.259. The Morgan fingerprint density at radius 1 is 1.04 bits per heavy atom. The van der Waals surface area contributed by atoms with Crippen LogP contribution < -0.4 is 9.64 Å². The fourth-order valence-electron chi connectivity index (χ4n) is 8.24. The number of amides is 1. The van der Waals surface area contributed by atoms with Crippen LogP contribution in [-0.2, 0) is 15.0 Å². The third-order valence-corrected chi connectivity index (χ3v) is 11.2. The van der Waals surface area contributed by atoms with Crippen LogP contribution in [0.25, 0.3) is 11.3 Å². The monoisotopic (exact) mass is 613 g/mol. The minimum atomic E-state index is -0.754. The lowest BCUT2D eigenvalue weighted by molar-refractivity contribution is -0.138. The van der Waals surface area contributed by atoms with Gasteiger partial charge >= 0.3 is 5.97 Å². The van der Waals surface area contributed by atoms with Gasteiger partial charge in [0.25, 0.3) is 0 Å². The van der Waals surface area contributed by atoms with Gasteiger partial charge in [0.1, 0.15) is 17.9 Å². The number of benzene rings is 1. The summed E-state index contributed by atoms with van der Waals surface area (Å²) in [5.74, 6) is 0.972. The topological polar surface area (TPSA) is 110 Å². The summed E-state index contributed by atoms with van der Waals surface area (Å²) in [6.07, 6.45) is 15.1. The van der Waals surface area contributed by atoms with Crippen molar-refractivity contribution >= 4 is 17.7 Å². The number of aromatic nitrogens is 4. The molecule has 7 rings (SSSR count). The van der Waals surface area contributed by atoms with Crippen LogP contribution in [0.4, 0.5) is 5.82 Å². The largest absolute Gasteiger partial charge is 0.496 e. The Morgan fingerprint density at radius 3 is 2.36 bits per heavy atom. The second-order valence-corrected chi connectivity index (χ2v) is 14.3. The van der Waals surface area contributed by atoms with Gasteiger partial charge in [-0.15, -0.1) is 0 Å². The first-order valence-corrected chi connectivity index (χ1v) is 16.7. The number of carbonyl (C=O) groups is 2. The molecule has 1 N–H and O–H groups in total. The number of hydrogen-bond acceptors (Lipinski definition) is 6. The van der Waals surface area contributed by atoms with Gasteiger partial charge in [-0.1, -0.05) is 12.1 Å². The summed E-state index contributed by atoms with van der Waals surface area (Å²) in [7, 11) is 1.73. The van der Waals surface area contributed by atoms with Crippen molar-refractivity contribution in [2.24, 2.45) is 17.3 Å². The number of aliphatic carboxylic acids is 1. The Morgan fingerprint density at radius 2 is 1.76 bits per heavy atom. The van der Waals surface area contributed by atoms with Crippen LogP contribution in [0.15, 0.2) is 43.0 Å². The molecule has 4 fully saturated rings. The number of methoxy groups -OCH3 is 1. The van der Waals surface area contributed by atoms with E-state index in [4.69, 9.17) is 4.74 Å². The van der Waals surface area contributed by atoms with Crippen molar-refractivity contribution < 1.29 is 19.4 Å². The zero-order valence-corrected chi connectivity index (χ0v) is 27.2. The maximum absolute atomic E-state index is 14.4. The zero-order valence-electron chi connectivity index (χ0n) is 27.2. The lowest BCUT2D eigenvalue weighted by atomic mass is 9.51. The number of carboxylic acid groups (broad SMARTS) is 1. The van der Waals surface area contributed by atoms with E-state index in [1.165, 1.54) is 11.1 Å². The molecule has 9 nitrogen and oxygen atoms in total. The van der Waals surface area contributed by atoms with Gasteiger partial charge in [-0.2, -0.15) is 5.10 Å². The van der Waals surface area contributed by atoms with E-state index in [2.05, 4.69) is 54.0 Å². The third-order valence-electron chi connectivity index (χ3n) is 11.2. The molecule has 3 aromatic rings. The second-order valence-electron chi connectivity index (χ2n) is 14.3. The lowest BCUT2D eigenvalue weighted by Gasteiger charge is -2.55. The van der Waals surface area contributed by atoms with Crippen LogP contribution in [0, 0.1) is 24.2 Å². The molecule has 0 aliphatic heterocycles. The fraction of sp³-hybridized carbons (Fsp3) is 0.583. The standard InChI is InChI=1S/C36H47N5O4/c1-24(2)41-21-28(20-39-41)30-19-32(38-23-37-30)40(34(44)27-7-5-26(6-8-27)18-33(42)43)22-35-11-14-36(15-12-35,16-13-35)29-9-10-31(45-4)25(3)17-29/h9-10,17,19-21,23-24,26-27H,5-8,11-16,18,22H2,1-4H3,(H,42,43)/t26-,27-,35?,36?. The molecule has 0 saturated heterocycles. The number of ether oxygens (including phenoxy) is 1. The van der Waals surface area contributed by atoms with E-state index < -0.39 is 5.97 Å². The molecule has 2 aromatic heterocycles. The van der Waals surface area contributed by atoms with Crippen molar-refractivity contribution in [1.29, 1.82) is 0 Å². The highest BCUT2D eigenvalue weighted by Gasteiger charge is 2.51. The van der Waals surface area contributed by atoms with Gasteiger partial charge in [0.05, 0.1) is 19.0 Å². The smallest absolute Gasteiger partial charge is 0.303 e. The van der Waals surface area contributed by atoms with Crippen molar-refractivity contribution in [3.8, 4) is 17.0 Å². The first-order chi connectivity index (χ1) is 21.6. The minimum Gasteiger partial charge on any atom is -0.496 e. The Bertz CT molecular complexity index is 1520. The van der Waals surface area contributed by atoms with Crippen LogP contribution in [0.5, 0.6) is 5.75 Å². The normalized spacial score (nSPS) is 26.2. The van der Waals surface area contributed by atoms with E-state index in [9.17, 15) is 14.7 Å². The molecule has 0 unspecified atom stereocenters. The van der Waals surface area contributed by atoms with Crippen molar-refractivity contribution in [2.45, 2.75) is 103 Å². The molecule has 0 atom stereocenters. The number of rotatable bonds is 10. The van der Waals surface area contributed by atoms with Crippen molar-refractivity contribution in [3.63, 3.8) is 0 Å². The number of aryl methyl sites for hydroxylation is 1. The number of anilines is 1. The van der Waals surface area contributed by atoms with E-state index in [1.54, 1.807) is 13.4 Å². The number of carboxylic acids is 1. The second kappa shape index (κ2) is 12.6. The van der Waals surface area contributed by atoms with Crippen LogP contribution in [0.1, 0.15) is 102 Å². The van der Waals surface area contributed by atoms with E-state index in [-0.39, 0.29) is 41.0 Å². The summed E-state index contributed by atoms with van der Waals surface area (Å²) < 4.78 is 7.44. The van der Waals surface area contributed by atoms with Gasteiger partial charge in [0.15, 0.2) is 0 Å². The van der Waals surface area contributed by atoms with Crippen LogP contribution >= 0.6 is 0 Å². The molecule has 0 spiro atoms. The highest BCUT2D eigenvalue weighted by atomic mass is 16.5. The average Bonchev–Trinajstić information content (AvgIpc) is 3.56. The molecule has 4 aliphatic carbocycles. The number of nitrogens with zero attached hydrogens (tertiary/aromatic N) is 5. The Kier molecular flexibility index (Phi) is 8.72. The van der Waals surface area contributed by atoms with E-state index in [1.807, 2.05) is 28.0 Å². The average molecular weight is 614 g/mol. The van der Waals surface area contributed by atoms with E-state index in [0.717, 1.165) is 81.2 Å². The lowest BCUT2D eigenvalue weighted by Crippen LogP contribution is -2.52. The summed E-state index contributed by atoms with van der Waals surface area (Å²) >= 11 is 0. The van der Waals surface area contributed by atoms with Crippen molar-refractivity contribution in [2.75, 3.05) is 18.6 Å². The highest BCUT2D eigenvalue weighted by Crippen LogP contribution is 2.58.